The highest BCUT2D eigenvalue weighted by Crippen LogP contribution is 2.35. The fourth-order valence-corrected chi connectivity index (χ4v) is 5.30. The van der Waals surface area contributed by atoms with Crippen molar-refractivity contribution in [3.8, 4) is 34.3 Å². The van der Waals surface area contributed by atoms with Crippen LogP contribution < -0.4 is 19.6 Å². The van der Waals surface area contributed by atoms with Crippen molar-refractivity contribution in [2.75, 3.05) is 20.8 Å². The van der Waals surface area contributed by atoms with Gasteiger partial charge in [0.2, 0.25) is 5.43 Å². The first-order chi connectivity index (χ1) is 21.3. The zero-order valence-electron chi connectivity index (χ0n) is 24.1. The minimum Gasteiger partial charge on any atom is -0.491 e. The minimum atomic E-state index is -0.706. The molecule has 11 heteroatoms. The second kappa shape index (κ2) is 11.8. The van der Waals surface area contributed by atoms with Gasteiger partial charge in [-0.15, -0.1) is 0 Å². The molecule has 1 aliphatic rings. The number of ether oxygens (including phenoxy) is 4. The Morgan fingerprint density at radius 2 is 1.86 bits per heavy atom. The highest BCUT2D eigenvalue weighted by Gasteiger charge is 2.24. The molecule has 3 aromatic heterocycles. The van der Waals surface area contributed by atoms with Gasteiger partial charge in [-0.2, -0.15) is 0 Å². The van der Waals surface area contributed by atoms with Crippen LogP contribution in [0.15, 0.2) is 65.7 Å². The number of halogens is 2. The maximum atomic E-state index is 15.3. The lowest BCUT2D eigenvalue weighted by Crippen LogP contribution is -2.28. The largest absolute Gasteiger partial charge is 0.491 e. The van der Waals surface area contributed by atoms with E-state index in [2.05, 4.69) is 9.97 Å². The Morgan fingerprint density at radius 1 is 1.02 bits per heavy atom. The van der Waals surface area contributed by atoms with E-state index in [9.17, 15) is 14.0 Å². The van der Waals surface area contributed by atoms with Gasteiger partial charge in [0.25, 0.3) is 5.88 Å². The van der Waals surface area contributed by atoms with Gasteiger partial charge in [-0.05, 0) is 47.9 Å². The van der Waals surface area contributed by atoms with E-state index < -0.39 is 22.8 Å². The van der Waals surface area contributed by atoms with Crippen LogP contribution in [-0.4, -0.2) is 41.1 Å². The third-order valence-electron chi connectivity index (χ3n) is 7.47. The van der Waals surface area contributed by atoms with E-state index >= 15 is 4.39 Å². The molecule has 6 rings (SSSR count). The first kappa shape index (κ1) is 28.9. The van der Waals surface area contributed by atoms with E-state index in [1.807, 2.05) is 4.57 Å². The average Bonchev–Trinajstić information content (AvgIpc) is 3.02. The fourth-order valence-electron chi connectivity index (χ4n) is 5.30. The molecule has 0 saturated heterocycles. The normalized spacial score (nSPS) is 12.6. The lowest BCUT2D eigenvalue weighted by Gasteiger charge is -2.24. The Bertz CT molecular complexity index is 1990. The van der Waals surface area contributed by atoms with Crippen LogP contribution in [0.3, 0.4) is 0 Å². The van der Waals surface area contributed by atoms with Crippen LogP contribution in [0.5, 0.6) is 23.1 Å². The van der Waals surface area contributed by atoms with Crippen molar-refractivity contribution < 1.29 is 32.5 Å². The second-order valence-corrected chi connectivity index (χ2v) is 10.2. The Hall–Kier alpha value is -5.16. The number of hydrogen-bond acceptors (Lipinski definition) is 8. The number of aryl methyl sites for hydroxylation is 1. The number of rotatable bonds is 8. The number of Topliss-reactive ketones (excluding diaryl/α,β-unsaturated/α-hetero) is 1. The van der Waals surface area contributed by atoms with E-state index in [0.717, 1.165) is 0 Å². The van der Waals surface area contributed by atoms with Crippen LogP contribution in [0, 0.1) is 18.6 Å². The van der Waals surface area contributed by atoms with Gasteiger partial charge in [0.05, 0.1) is 49.8 Å². The number of ketones is 1. The van der Waals surface area contributed by atoms with Gasteiger partial charge in [-0.25, -0.2) is 13.8 Å². The van der Waals surface area contributed by atoms with Crippen molar-refractivity contribution in [3.05, 3.63) is 105 Å². The van der Waals surface area contributed by atoms with Crippen molar-refractivity contribution in [1.82, 2.24) is 14.5 Å². The summed E-state index contributed by atoms with van der Waals surface area (Å²) in [5.41, 5.74) is 2.66. The van der Waals surface area contributed by atoms with E-state index in [4.69, 9.17) is 18.9 Å². The number of carbonyl (C=O) groups is 1. The topological polar surface area (TPSA) is 102 Å². The summed E-state index contributed by atoms with van der Waals surface area (Å²) in [6, 6.07) is 11.5. The zero-order chi connectivity index (χ0) is 31.0. The molecular weight excluding hydrogens is 572 g/mol. The summed E-state index contributed by atoms with van der Waals surface area (Å²) in [6.45, 7) is 2.75. The Kier molecular flexibility index (Phi) is 7.79. The summed E-state index contributed by atoms with van der Waals surface area (Å²) >= 11 is 0. The molecule has 0 amide bonds. The molecule has 0 bridgehead atoms. The molecule has 5 aromatic rings. The summed E-state index contributed by atoms with van der Waals surface area (Å²) < 4.78 is 53.0. The number of fused-ring (bicyclic) bond motifs is 2. The average molecular weight is 600 g/mol. The summed E-state index contributed by atoms with van der Waals surface area (Å²) in [5, 5.41) is 0. The highest BCUT2D eigenvalue weighted by molar-refractivity contribution is 5.98. The van der Waals surface area contributed by atoms with Gasteiger partial charge in [0.15, 0.2) is 28.8 Å². The number of hydrogen-bond donors (Lipinski definition) is 0. The third kappa shape index (κ3) is 5.37. The Labute approximate surface area is 250 Å². The Morgan fingerprint density at radius 3 is 2.61 bits per heavy atom. The van der Waals surface area contributed by atoms with Crippen molar-refractivity contribution in [1.29, 1.82) is 0 Å². The van der Waals surface area contributed by atoms with Crippen molar-refractivity contribution in [2.24, 2.45) is 0 Å². The van der Waals surface area contributed by atoms with Crippen molar-refractivity contribution in [2.45, 2.75) is 26.5 Å². The molecule has 0 unspecified atom stereocenters. The van der Waals surface area contributed by atoms with Gasteiger partial charge >= 0.3 is 0 Å². The first-order valence-electron chi connectivity index (χ1n) is 13.7. The molecule has 224 valence electrons. The number of methoxy groups -OCH3 is 2. The third-order valence-corrected chi connectivity index (χ3v) is 7.47. The molecule has 0 spiro atoms. The molecule has 9 nitrogen and oxygen atoms in total. The molecule has 0 atom stereocenters. The molecule has 0 N–H and O–H groups in total. The quantitative estimate of drug-likeness (QED) is 0.206. The lowest BCUT2D eigenvalue weighted by atomic mass is 9.94. The van der Waals surface area contributed by atoms with Crippen LogP contribution in [0.2, 0.25) is 0 Å². The number of nitrogens with zero attached hydrogens (tertiary/aromatic N) is 3. The molecule has 0 aliphatic carbocycles. The molecule has 44 heavy (non-hydrogen) atoms. The molecule has 1 aliphatic heterocycles. The van der Waals surface area contributed by atoms with Crippen LogP contribution >= 0.6 is 0 Å². The number of carbonyl (C=O) groups excluding carboxylic acids is 1. The van der Waals surface area contributed by atoms with E-state index in [0.29, 0.717) is 57.9 Å². The molecular formula is C33H27F2N3O6. The Balaban J connectivity index is 1.30. The summed E-state index contributed by atoms with van der Waals surface area (Å²) in [7, 11) is 2.93. The number of benzene rings is 2. The molecule has 2 aromatic carbocycles. The number of pyridine rings is 3. The lowest BCUT2D eigenvalue weighted by molar-refractivity contribution is 0.0836. The monoisotopic (exact) mass is 599 g/mol. The molecule has 4 heterocycles. The zero-order valence-corrected chi connectivity index (χ0v) is 24.1. The summed E-state index contributed by atoms with van der Waals surface area (Å²) in [4.78, 5) is 35.9. The van der Waals surface area contributed by atoms with E-state index in [-0.39, 0.29) is 36.0 Å². The van der Waals surface area contributed by atoms with Crippen LogP contribution in [-0.2, 0) is 24.3 Å². The highest BCUT2D eigenvalue weighted by atomic mass is 19.1. The fraction of sp³-hybridized carbons (Fsp3) is 0.212. The van der Waals surface area contributed by atoms with Gasteiger partial charge in [0.1, 0.15) is 11.3 Å². The summed E-state index contributed by atoms with van der Waals surface area (Å²) in [5.74, 6) is -0.848. The van der Waals surface area contributed by atoms with Gasteiger partial charge in [-0.1, -0.05) is 12.1 Å². The predicted molar refractivity (Wildman–Crippen MR) is 158 cm³/mol. The van der Waals surface area contributed by atoms with E-state index in [1.54, 1.807) is 25.1 Å². The number of aromatic nitrogens is 3. The SMILES string of the molecule is COc1cc2nccc(Oc3ccc(CC(=O)c4cn5c(c(-c6ccc(F)cc6C)c4=O)COCC5)cc3F)c2nc1OC. The van der Waals surface area contributed by atoms with Crippen LogP contribution in [0.4, 0.5) is 8.78 Å². The van der Waals surface area contributed by atoms with Crippen LogP contribution in [0.25, 0.3) is 22.2 Å². The van der Waals surface area contributed by atoms with Crippen LogP contribution in [0.1, 0.15) is 27.2 Å². The second-order valence-electron chi connectivity index (χ2n) is 10.2. The minimum absolute atomic E-state index is 0.0335. The first-order valence-corrected chi connectivity index (χ1v) is 13.7. The van der Waals surface area contributed by atoms with Crippen molar-refractivity contribution >= 4 is 16.8 Å². The maximum Gasteiger partial charge on any atom is 0.257 e. The molecule has 0 radical (unpaired) electrons. The smallest absolute Gasteiger partial charge is 0.257 e. The van der Waals surface area contributed by atoms with Gasteiger partial charge in [-0.3, -0.25) is 14.6 Å². The van der Waals surface area contributed by atoms with Gasteiger partial charge < -0.3 is 23.5 Å². The van der Waals surface area contributed by atoms with E-state index in [1.165, 1.54) is 56.9 Å². The predicted octanol–water partition coefficient (Wildman–Crippen LogP) is 5.81. The molecule has 0 fully saturated rings. The van der Waals surface area contributed by atoms with Crippen molar-refractivity contribution in [3.63, 3.8) is 0 Å². The standard InChI is InChI=1S/C33H27F2N3O6/c1-18-12-20(34)5-6-21(18)30-25-17-43-11-10-38(25)16-22(32(30)40)26(39)14-19-4-7-27(23(35)13-19)44-28-8-9-36-24-15-29(41-2)33(42-3)37-31(24)28/h4-9,12-13,15-16H,10-11,14,17H2,1-3H3. The van der Waals surface area contributed by atoms with Gasteiger partial charge in [0, 0.05) is 37.5 Å². The molecule has 0 saturated carbocycles. The summed E-state index contributed by atoms with van der Waals surface area (Å²) in [6.07, 6.45) is 2.81. The maximum absolute atomic E-state index is 15.3.